The average Bonchev–Trinajstić information content (AvgIpc) is 3.55. The fourth-order valence-electron chi connectivity index (χ4n) is 3.93. The monoisotopic (exact) mass is 435 g/mol. The van der Waals surface area contributed by atoms with Gasteiger partial charge >= 0.3 is 0 Å². The lowest BCUT2D eigenvalue weighted by atomic mass is 9.96. The topological polar surface area (TPSA) is 35.6 Å². The van der Waals surface area contributed by atoms with Crippen LogP contribution in [0.3, 0.4) is 0 Å². The number of amides is 1. The number of carbonyl (C=O) groups is 1. The Morgan fingerprint density at radius 2 is 1.38 bits per heavy atom. The van der Waals surface area contributed by atoms with Gasteiger partial charge in [0.05, 0.1) is 12.6 Å². The molecule has 1 amide bonds. The van der Waals surface area contributed by atoms with Crippen molar-refractivity contribution in [2.24, 2.45) is 5.92 Å². The van der Waals surface area contributed by atoms with E-state index in [1.165, 1.54) is 24.0 Å². The van der Waals surface area contributed by atoms with Crippen molar-refractivity contribution in [2.75, 3.05) is 39.3 Å². The standard InChI is InChI=1S/C23H29N3O.2ClH/c27-22(18-24-17-19-11-12-19)25-13-15-26(16-14-25)23(20-7-3-1-4-8-20)21-9-5-2-6-10-21;;/h1-10,19,23-24H,11-18H2;2*1H. The van der Waals surface area contributed by atoms with Gasteiger partial charge in [0.2, 0.25) is 5.91 Å². The lowest BCUT2D eigenvalue weighted by Gasteiger charge is -2.39. The minimum absolute atomic E-state index is 0. The molecule has 2 aliphatic rings. The summed E-state index contributed by atoms with van der Waals surface area (Å²) in [5, 5.41) is 3.33. The zero-order valence-corrected chi connectivity index (χ0v) is 18.3. The lowest BCUT2D eigenvalue weighted by molar-refractivity contribution is -0.132. The van der Waals surface area contributed by atoms with Crippen molar-refractivity contribution in [3.8, 4) is 0 Å². The Morgan fingerprint density at radius 1 is 0.862 bits per heavy atom. The Bertz CT molecular complexity index is 693. The van der Waals surface area contributed by atoms with Crippen molar-refractivity contribution in [3.05, 3.63) is 71.8 Å². The van der Waals surface area contributed by atoms with Crippen LogP contribution in [0.5, 0.6) is 0 Å². The number of halogens is 2. The highest BCUT2D eigenvalue weighted by atomic mass is 35.5. The van der Waals surface area contributed by atoms with Crippen molar-refractivity contribution < 1.29 is 4.79 Å². The predicted octanol–water partition coefficient (Wildman–Crippen LogP) is 3.76. The second-order valence-corrected chi connectivity index (χ2v) is 7.71. The minimum Gasteiger partial charge on any atom is -0.339 e. The molecule has 0 radical (unpaired) electrons. The first-order valence-corrected chi connectivity index (χ1v) is 10.1. The van der Waals surface area contributed by atoms with Crippen LogP contribution in [0, 0.1) is 5.92 Å². The van der Waals surface area contributed by atoms with Gasteiger partial charge in [-0.15, -0.1) is 24.8 Å². The molecule has 1 N–H and O–H groups in total. The summed E-state index contributed by atoms with van der Waals surface area (Å²) < 4.78 is 0. The van der Waals surface area contributed by atoms with E-state index < -0.39 is 0 Å². The normalized spacial score (nSPS) is 16.8. The summed E-state index contributed by atoms with van der Waals surface area (Å²) in [6.45, 7) is 4.90. The van der Waals surface area contributed by atoms with Gasteiger partial charge in [0.25, 0.3) is 0 Å². The molecule has 0 aromatic heterocycles. The third-order valence-corrected chi connectivity index (χ3v) is 5.67. The molecule has 0 bridgehead atoms. The van der Waals surface area contributed by atoms with E-state index in [2.05, 4.69) is 70.9 Å². The fraction of sp³-hybridized carbons (Fsp3) is 0.435. The number of nitrogens with zero attached hydrogens (tertiary/aromatic N) is 2. The first kappa shape index (κ1) is 23.7. The number of nitrogens with one attached hydrogen (secondary N) is 1. The summed E-state index contributed by atoms with van der Waals surface area (Å²) in [6.07, 6.45) is 2.64. The molecule has 158 valence electrons. The second kappa shape index (κ2) is 11.6. The minimum atomic E-state index is 0. The highest BCUT2D eigenvalue weighted by molar-refractivity contribution is 5.85. The molecule has 4 nitrogen and oxygen atoms in total. The molecule has 1 aliphatic carbocycles. The lowest BCUT2D eigenvalue weighted by Crippen LogP contribution is -2.51. The molecule has 0 spiro atoms. The van der Waals surface area contributed by atoms with Gasteiger partial charge in [-0.25, -0.2) is 0 Å². The summed E-state index contributed by atoms with van der Waals surface area (Å²) in [6, 6.07) is 21.6. The predicted molar refractivity (Wildman–Crippen MR) is 123 cm³/mol. The highest BCUT2D eigenvalue weighted by Crippen LogP contribution is 2.29. The van der Waals surface area contributed by atoms with Crippen molar-refractivity contribution in [1.29, 1.82) is 0 Å². The first-order chi connectivity index (χ1) is 13.3. The van der Waals surface area contributed by atoms with E-state index in [0.717, 1.165) is 38.6 Å². The van der Waals surface area contributed by atoms with E-state index in [1.807, 2.05) is 4.90 Å². The van der Waals surface area contributed by atoms with Crippen LogP contribution in [0.2, 0.25) is 0 Å². The molecule has 0 atom stereocenters. The van der Waals surface area contributed by atoms with Crippen LogP contribution in [0.15, 0.2) is 60.7 Å². The highest BCUT2D eigenvalue weighted by Gasteiger charge is 2.28. The van der Waals surface area contributed by atoms with Crippen LogP contribution in [0.1, 0.15) is 30.0 Å². The maximum atomic E-state index is 12.5. The van der Waals surface area contributed by atoms with E-state index in [1.54, 1.807) is 0 Å². The Kier molecular flexibility index (Phi) is 9.44. The van der Waals surface area contributed by atoms with Crippen molar-refractivity contribution in [3.63, 3.8) is 0 Å². The van der Waals surface area contributed by atoms with Gasteiger partial charge in [-0.1, -0.05) is 60.7 Å². The maximum Gasteiger partial charge on any atom is 0.236 e. The van der Waals surface area contributed by atoms with Crippen LogP contribution >= 0.6 is 24.8 Å². The van der Waals surface area contributed by atoms with Crippen LogP contribution in [0.4, 0.5) is 0 Å². The summed E-state index contributed by atoms with van der Waals surface area (Å²) in [5.74, 6) is 1.05. The van der Waals surface area contributed by atoms with E-state index in [0.29, 0.717) is 6.54 Å². The first-order valence-electron chi connectivity index (χ1n) is 10.1. The Morgan fingerprint density at radius 3 is 1.86 bits per heavy atom. The van der Waals surface area contributed by atoms with Crippen molar-refractivity contribution in [2.45, 2.75) is 18.9 Å². The van der Waals surface area contributed by atoms with E-state index in [4.69, 9.17) is 0 Å². The molecule has 1 heterocycles. The van der Waals surface area contributed by atoms with Crippen molar-refractivity contribution >= 4 is 30.7 Å². The third-order valence-electron chi connectivity index (χ3n) is 5.67. The molecule has 6 heteroatoms. The molecule has 1 aliphatic heterocycles. The van der Waals surface area contributed by atoms with Gasteiger partial charge in [0.15, 0.2) is 0 Å². The molecule has 1 saturated heterocycles. The van der Waals surface area contributed by atoms with Gasteiger partial charge < -0.3 is 10.2 Å². The zero-order valence-electron chi connectivity index (χ0n) is 16.7. The van der Waals surface area contributed by atoms with E-state index in [9.17, 15) is 4.79 Å². The van der Waals surface area contributed by atoms with E-state index >= 15 is 0 Å². The maximum absolute atomic E-state index is 12.5. The summed E-state index contributed by atoms with van der Waals surface area (Å²) >= 11 is 0. The van der Waals surface area contributed by atoms with Crippen LogP contribution in [-0.2, 0) is 4.79 Å². The Labute approximate surface area is 186 Å². The van der Waals surface area contributed by atoms with Gasteiger partial charge in [0.1, 0.15) is 0 Å². The number of carbonyl (C=O) groups excluding carboxylic acids is 1. The summed E-state index contributed by atoms with van der Waals surface area (Å²) in [4.78, 5) is 17.0. The molecule has 29 heavy (non-hydrogen) atoms. The molecule has 4 rings (SSSR count). The molecular weight excluding hydrogens is 405 g/mol. The smallest absolute Gasteiger partial charge is 0.236 e. The molecule has 2 aromatic carbocycles. The van der Waals surface area contributed by atoms with Crippen LogP contribution in [0.25, 0.3) is 0 Å². The number of rotatable bonds is 7. The SMILES string of the molecule is Cl.Cl.O=C(CNCC1CC1)N1CCN(C(c2ccccc2)c2ccccc2)CC1. The van der Waals surface area contributed by atoms with Gasteiger partial charge in [0, 0.05) is 26.2 Å². The molecular formula is C23H31Cl2N3O. The Hall–Kier alpha value is -1.59. The van der Waals surface area contributed by atoms with Crippen LogP contribution < -0.4 is 5.32 Å². The quantitative estimate of drug-likeness (QED) is 0.718. The average molecular weight is 436 g/mol. The molecule has 0 unspecified atom stereocenters. The number of piperazine rings is 1. The largest absolute Gasteiger partial charge is 0.339 e. The summed E-state index contributed by atoms with van der Waals surface area (Å²) in [7, 11) is 0. The van der Waals surface area contributed by atoms with Crippen molar-refractivity contribution in [1.82, 2.24) is 15.1 Å². The summed E-state index contributed by atoms with van der Waals surface area (Å²) in [5.41, 5.74) is 2.63. The number of hydrogen-bond donors (Lipinski definition) is 1. The molecule has 2 aromatic rings. The fourth-order valence-corrected chi connectivity index (χ4v) is 3.93. The second-order valence-electron chi connectivity index (χ2n) is 7.71. The van der Waals surface area contributed by atoms with Gasteiger partial charge in [-0.3, -0.25) is 9.69 Å². The number of benzene rings is 2. The third kappa shape index (κ3) is 6.45. The van der Waals surface area contributed by atoms with E-state index in [-0.39, 0.29) is 36.8 Å². The Balaban J connectivity index is 0.00000150. The van der Waals surface area contributed by atoms with Crippen LogP contribution in [-0.4, -0.2) is 55.0 Å². The number of hydrogen-bond acceptors (Lipinski definition) is 3. The zero-order chi connectivity index (χ0) is 18.5. The molecule has 2 fully saturated rings. The molecule has 1 saturated carbocycles. The van der Waals surface area contributed by atoms with Gasteiger partial charge in [-0.05, 0) is 36.4 Å². The van der Waals surface area contributed by atoms with Gasteiger partial charge in [-0.2, -0.15) is 0 Å².